The van der Waals surface area contributed by atoms with Crippen LogP contribution in [0.15, 0.2) is 61.1 Å². The van der Waals surface area contributed by atoms with Crippen LogP contribution in [0.25, 0.3) is 16.9 Å². The zero-order valence-electron chi connectivity index (χ0n) is 17.3. The molecule has 0 amide bonds. The smallest absolute Gasteiger partial charge is 0.0988 e. The Balaban J connectivity index is 1.43. The van der Waals surface area contributed by atoms with E-state index in [0.717, 1.165) is 36.0 Å². The van der Waals surface area contributed by atoms with E-state index in [2.05, 4.69) is 46.5 Å². The third kappa shape index (κ3) is 5.11. The van der Waals surface area contributed by atoms with Crippen molar-refractivity contribution in [3.63, 3.8) is 0 Å². The highest BCUT2D eigenvalue weighted by Crippen LogP contribution is 2.23. The van der Waals surface area contributed by atoms with Crippen molar-refractivity contribution in [1.29, 1.82) is 0 Å². The largest absolute Gasteiger partial charge is 0.312 e. The molecular formula is C24H31N5. The molecule has 5 nitrogen and oxygen atoms in total. The second-order valence-electron chi connectivity index (χ2n) is 7.94. The van der Waals surface area contributed by atoms with Crippen LogP contribution in [0.2, 0.25) is 0 Å². The van der Waals surface area contributed by atoms with Gasteiger partial charge in [-0.25, -0.2) is 4.68 Å². The first-order valence-corrected chi connectivity index (χ1v) is 10.8. The number of hydrogen-bond acceptors (Lipinski definition) is 4. The van der Waals surface area contributed by atoms with E-state index >= 15 is 0 Å². The molecule has 0 bridgehead atoms. The van der Waals surface area contributed by atoms with E-state index in [0.29, 0.717) is 0 Å². The Morgan fingerprint density at radius 3 is 2.62 bits per heavy atom. The maximum atomic E-state index is 4.88. The van der Waals surface area contributed by atoms with Crippen molar-refractivity contribution in [2.75, 3.05) is 26.2 Å². The number of rotatable bonds is 8. The van der Waals surface area contributed by atoms with Gasteiger partial charge in [-0.15, -0.1) is 0 Å². The molecule has 152 valence electrons. The maximum absolute atomic E-state index is 4.88. The van der Waals surface area contributed by atoms with Gasteiger partial charge in [0.05, 0.1) is 11.4 Å². The molecule has 2 aromatic heterocycles. The first-order chi connectivity index (χ1) is 14.3. The fraction of sp³-hybridized carbons (Fsp3) is 0.417. The van der Waals surface area contributed by atoms with Crippen LogP contribution >= 0.6 is 0 Å². The van der Waals surface area contributed by atoms with E-state index in [9.17, 15) is 0 Å². The molecular weight excluding hydrogens is 358 g/mol. The van der Waals surface area contributed by atoms with E-state index in [-0.39, 0.29) is 0 Å². The van der Waals surface area contributed by atoms with Crippen LogP contribution in [0.1, 0.15) is 31.7 Å². The number of piperidine rings is 1. The minimum atomic E-state index is 0.772. The van der Waals surface area contributed by atoms with Gasteiger partial charge in [-0.1, -0.05) is 25.1 Å². The zero-order valence-corrected chi connectivity index (χ0v) is 17.3. The Labute approximate surface area is 173 Å². The third-order valence-corrected chi connectivity index (χ3v) is 5.74. The highest BCUT2D eigenvalue weighted by Gasteiger charge is 2.19. The van der Waals surface area contributed by atoms with Crippen LogP contribution in [0.4, 0.5) is 0 Å². The van der Waals surface area contributed by atoms with Gasteiger partial charge in [0, 0.05) is 36.3 Å². The van der Waals surface area contributed by atoms with Crippen LogP contribution in [0, 0.1) is 5.92 Å². The lowest BCUT2D eigenvalue weighted by Gasteiger charge is -2.31. The van der Waals surface area contributed by atoms with Gasteiger partial charge < -0.3 is 10.2 Å². The van der Waals surface area contributed by atoms with Crippen molar-refractivity contribution in [1.82, 2.24) is 25.0 Å². The molecule has 1 saturated heterocycles. The topological polar surface area (TPSA) is 46.0 Å². The Bertz CT molecular complexity index is 867. The van der Waals surface area contributed by atoms with Crippen LogP contribution in [-0.2, 0) is 6.54 Å². The van der Waals surface area contributed by atoms with Crippen molar-refractivity contribution in [2.45, 2.75) is 32.7 Å². The van der Waals surface area contributed by atoms with Crippen molar-refractivity contribution in [2.24, 2.45) is 5.92 Å². The quantitative estimate of drug-likeness (QED) is 0.629. The van der Waals surface area contributed by atoms with Gasteiger partial charge in [0.2, 0.25) is 0 Å². The number of nitrogens with zero attached hydrogens (tertiary/aromatic N) is 4. The molecule has 1 aliphatic heterocycles. The second kappa shape index (κ2) is 9.81. The summed E-state index contributed by atoms with van der Waals surface area (Å²) in [7, 11) is 0. The van der Waals surface area contributed by atoms with Crippen LogP contribution in [-0.4, -0.2) is 45.8 Å². The van der Waals surface area contributed by atoms with Crippen molar-refractivity contribution in [3.8, 4) is 16.9 Å². The molecule has 0 radical (unpaired) electrons. The molecule has 0 unspecified atom stereocenters. The summed E-state index contributed by atoms with van der Waals surface area (Å²) in [6.07, 6.45) is 9.70. The molecule has 1 aliphatic rings. The Kier molecular flexibility index (Phi) is 6.70. The number of benzene rings is 1. The number of aromatic nitrogens is 3. The van der Waals surface area contributed by atoms with E-state index < -0.39 is 0 Å². The summed E-state index contributed by atoms with van der Waals surface area (Å²) < 4.78 is 1.97. The van der Waals surface area contributed by atoms with Gasteiger partial charge in [0.1, 0.15) is 0 Å². The fourth-order valence-electron chi connectivity index (χ4n) is 4.14. The van der Waals surface area contributed by atoms with Crippen molar-refractivity contribution >= 4 is 0 Å². The molecule has 3 aromatic rings. The predicted molar refractivity (Wildman–Crippen MR) is 118 cm³/mol. The van der Waals surface area contributed by atoms with Gasteiger partial charge in [-0.2, -0.15) is 5.10 Å². The second-order valence-corrected chi connectivity index (χ2v) is 7.94. The van der Waals surface area contributed by atoms with Crippen LogP contribution in [0.5, 0.6) is 0 Å². The van der Waals surface area contributed by atoms with Gasteiger partial charge >= 0.3 is 0 Å². The Hall–Kier alpha value is -2.50. The van der Waals surface area contributed by atoms with Gasteiger partial charge in [0.15, 0.2) is 0 Å². The predicted octanol–water partition coefficient (Wildman–Crippen LogP) is 4.15. The first-order valence-electron chi connectivity index (χ1n) is 10.8. The summed E-state index contributed by atoms with van der Waals surface area (Å²) in [5.41, 5.74) is 4.36. The molecule has 29 heavy (non-hydrogen) atoms. The summed E-state index contributed by atoms with van der Waals surface area (Å²) >= 11 is 0. The number of hydrogen-bond donors (Lipinski definition) is 1. The molecule has 1 aromatic carbocycles. The number of nitrogens with one attached hydrogen (secondary N) is 1. The molecule has 1 N–H and O–H groups in total. The highest BCUT2D eigenvalue weighted by atomic mass is 15.3. The summed E-state index contributed by atoms with van der Waals surface area (Å²) in [4.78, 5) is 6.88. The lowest BCUT2D eigenvalue weighted by atomic mass is 9.96. The average molecular weight is 390 g/mol. The monoisotopic (exact) mass is 389 g/mol. The van der Waals surface area contributed by atoms with Gasteiger partial charge in [-0.3, -0.25) is 4.98 Å². The zero-order chi connectivity index (χ0) is 19.9. The molecule has 3 heterocycles. The summed E-state index contributed by atoms with van der Waals surface area (Å²) in [5.74, 6) is 0.772. The summed E-state index contributed by atoms with van der Waals surface area (Å²) in [6, 6.07) is 14.3. The van der Waals surface area contributed by atoms with E-state index in [1.54, 1.807) is 6.20 Å². The SMILES string of the molecule is CCCN1CCC(CNCc2cn(-c3ccccc3)nc2-c2cccnc2)CC1. The van der Waals surface area contributed by atoms with E-state index in [1.165, 1.54) is 44.5 Å². The Morgan fingerprint density at radius 2 is 1.90 bits per heavy atom. The molecule has 5 heteroatoms. The molecule has 0 saturated carbocycles. The first kappa shape index (κ1) is 19.8. The van der Waals surface area contributed by atoms with E-state index in [4.69, 9.17) is 5.10 Å². The lowest BCUT2D eigenvalue weighted by molar-refractivity contribution is 0.182. The number of para-hydroxylation sites is 1. The molecule has 4 rings (SSSR count). The Morgan fingerprint density at radius 1 is 1.07 bits per heavy atom. The highest BCUT2D eigenvalue weighted by molar-refractivity contribution is 5.62. The fourth-order valence-corrected chi connectivity index (χ4v) is 4.14. The van der Waals surface area contributed by atoms with Crippen LogP contribution in [0.3, 0.4) is 0 Å². The van der Waals surface area contributed by atoms with Crippen LogP contribution < -0.4 is 5.32 Å². The minimum Gasteiger partial charge on any atom is -0.312 e. The van der Waals surface area contributed by atoms with Gasteiger partial charge in [0.25, 0.3) is 0 Å². The lowest BCUT2D eigenvalue weighted by Crippen LogP contribution is -2.37. The summed E-state index contributed by atoms with van der Waals surface area (Å²) in [5, 5.41) is 8.58. The molecule has 0 spiro atoms. The minimum absolute atomic E-state index is 0.772. The van der Waals surface area contributed by atoms with E-state index in [1.807, 2.05) is 35.1 Å². The van der Waals surface area contributed by atoms with Gasteiger partial charge in [-0.05, 0) is 75.6 Å². The standard InChI is InChI=1S/C24H31N5/c1-2-13-28-14-10-20(11-15-28)16-26-18-22-19-29(23-8-4-3-5-9-23)27-24(22)21-7-6-12-25-17-21/h3-9,12,17,19-20,26H,2,10-11,13-16,18H2,1H3. The number of likely N-dealkylation sites (tertiary alicyclic amines) is 1. The summed E-state index contributed by atoms with van der Waals surface area (Å²) in [6.45, 7) is 7.89. The maximum Gasteiger partial charge on any atom is 0.0988 e. The molecule has 0 aliphatic carbocycles. The number of pyridine rings is 1. The molecule has 1 fully saturated rings. The van der Waals surface area contributed by atoms with Crippen molar-refractivity contribution < 1.29 is 0 Å². The normalized spacial score (nSPS) is 15.6. The molecule has 0 atom stereocenters. The third-order valence-electron chi connectivity index (χ3n) is 5.74. The van der Waals surface area contributed by atoms with Crippen molar-refractivity contribution in [3.05, 3.63) is 66.6 Å². The average Bonchev–Trinajstić information content (AvgIpc) is 3.21.